The summed E-state index contributed by atoms with van der Waals surface area (Å²) in [6.07, 6.45) is 9.30. The molecule has 0 aliphatic heterocycles. The van der Waals surface area contributed by atoms with Crippen LogP contribution in [-0.4, -0.2) is 49.0 Å². The topological polar surface area (TPSA) is 105 Å². The van der Waals surface area contributed by atoms with Crippen LogP contribution in [0.5, 0.6) is 11.5 Å². The van der Waals surface area contributed by atoms with Gasteiger partial charge >= 0.3 is 11.9 Å². The summed E-state index contributed by atoms with van der Waals surface area (Å²) in [6.45, 7) is 1.04. The highest BCUT2D eigenvalue weighted by Gasteiger charge is 2.11. The maximum absolute atomic E-state index is 9.10. The lowest BCUT2D eigenvalue weighted by molar-refractivity contribution is -0.159. The zero-order chi connectivity index (χ0) is 19.4. The number of carboxylic acid groups (broad SMARTS) is 2. The molecule has 1 saturated carbocycles. The van der Waals surface area contributed by atoms with Gasteiger partial charge in [-0.25, -0.2) is 9.59 Å². The molecule has 1 aliphatic carbocycles. The molecule has 1 fully saturated rings. The molecule has 1 aliphatic rings. The Bertz CT molecular complexity index is 555. The first-order valence-corrected chi connectivity index (χ1v) is 8.88. The lowest BCUT2D eigenvalue weighted by Crippen LogP contribution is -2.30. The minimum Gasteiger partial charge on any atom is -0.493 e. The second-order valence-corrected chi connectivity index (χ2v) is 6.19. The SMILES string of the molecule is COc1ccc(CCNC2CCCCCC2)cc1OC.O=C(O)C(=O)O. The predicted molar refractivity (Wildman–Crippen MR) is 98.0 cm³/mol. The van der Waals surface area contributed by atoms with Crippen LogP contribution in [0, 0.1) is 0 Å². The van der Waals surface area contributed by atoms with Crippen molar-refractivity contribution < 1.29 is 29.3 Å². The van der Waals surface area contributed by atoms with Crippen LogP contribution in [0.3, 0.4) is 0 Å². The molecule has 1 aromatic rings. The molecular formula is C19H29NO6. The Morgan fingerprint density at radius 1 is 1.00 bits per heavy atom. The number of aliphatic carboxylic acids is 2. The van der Waals surface area contributed by atoms with E-state index >= 15 is 0 Å². The zero-order valence-electron chi connectivity index (χ0n) is 15.5. The van der Waals surface area contributed by atoms with Crippen LogP contribution in [0.2, 0.25) is 0 Å². The predicted octanol–water partition coefficient (Wildman–Crippen LogP) is 2.71. The number of benzene rings is 1. The first-order valence-electron chi connectivity index (χ1n) is 8.88. The molecule has 0 radical (unpaired) electrons. The Balaban J connectivity index is 0.000000487. The second kappa shape index (κ2) is 12.1. The average Bonchev–Trinajstić information content (AvgIpc) is 2.91. The van der Waals surface area contributed by atoms with E-state index in [4.69, 9.17) is 29.3 Å². The molecule has 0 aromatic heterocycles. The number of carbonyl (C=O) groups is 2. The van der Waals surface area contributed by atoms with E-state index in [0.29, 0.717) is 0 Å². The Labute approximate surface area is 154 Å². The molecule has 2 rings (SSSR count). The third-order valence-corrected chi connectivity index (χ3v) is 4.33. The first-order chi connectivity index (χ1) is 12.5. The molecule has 1 aromatic carbocycles. The van der Waals surface area contributed by atoms with Gasteiger partial charge in [0.15, 0.2) is 11.5 Å². The third kappa shape index (κ3) is 8.20. The van der Waals surface area contributed by atoms with Crippen LogP contribution in [0.25, 0.3) is 0 Å². The summed E-state index contributed by atoms with van der Waals surface area (Å²) in [5, 5.41) is 18.5. The Morgan fingerprint density at radius 2 is 1.58 bits per heavy atom. The van der Waals surface area contributed by atoms with Crippen LogP contribution in [0.1, 0.15) is 44.1 Å². The van der Waals surface area contributed by atoms with Crippen molar-refractivity contribution in [3.63, 3.8) is 0 Å². The molecule has 0 unspecified atom stereocenters. The van der Waals surface area contributed by atoms with Crippen molar-refractivity contribution in [3.8, 4) is 11.5 Å². The van der Waals surface area contributed by atoms with Gasteiger partial charge in [-0.2, -0.15) is 0 Å². The molecule has 0 amide bonds. The van der Waals surface area contributed by atoms with Gasteiger partial charge in [-0.1, -0.05) is 31.7 Å². The molecule has 0 heterocycles. The number of hydrogen-bond donors (Lipinski definition) is 3. The number of nitrogens with one attached hydrogen (secondary N) is 1. The molecule has 26 heavy (non-hydrogen) atoms. The number of rotatable bonds is 6. The number of ether oxygens (including phenoxy) is 2. The monoisotopic (exact) mass is 367 g/mol. The number of methoxy groups -OCH3 is 2. The number of carboxylic acids is 2. The van der Waals surface area contributed by atoms with E-state index in [-0.39, 0.29) is 0 Å². The van der Waals surface area contributed by atoms with Crippen LogP contribution < -0.4 is 14.8 Å². The van der Waals surface area contributed by atoms with Gasteiger partial charge in [0.1, 0.15) is 0 Å². The summed E-state index contributed by atoms with van der Waals surface area (Å²) in [6, 6.07) is 6.90. The molecule has 7 nitrogen and oxygen atoms in total. The molecule has 0 atom stereocenters. The van der Waals surface area contributed by atoms with E-state index in [1.807, 2.05) is 6.07 Å². The van der Waals surface area contributed by atoms with Gasteiger partial charge in [0.05, 0.1) is 14.2 Å². The first kappa shape index (κ1) is 21.8. The van der Waals surface area contributed by atoms with E-state index in [1.54, 1.807) is 14.2 Å². The smallest absolute Gasteiger partial charge is 0.414 e. The normalized spacial score (nSPS) is 14.5. The molecule has 0 bridgehead atoms. The van der Waals surface area contributed by atoms with Gasteiger partial charge in [-0.3, -0.25) is 0 Å². The molecular weight excluding hydrogens is 338 g/mol. The summed E-state index contributed by atoms with van der Waals surface area (Å²) in [5.41, 5.74) is 1.30. The molecule has 7 heteroatoms. The third-order valence-electron chi connectivity index (χ3n) is 4.33. The van der Waals surface area contributed by atoms with E-state index in [9.17, 15) is 0 Å². The fourth-order valence-electron chi connectivity index (χ4n) is 2.94. The van der Waals surface area contributed by atoms with Gasteiger partial charge in [0.2, 0.25) is 0 Å². The zero-order valence-corrected chi connectivity index (χ0v) is 15.5. The highest BCUT2D eigenvalue weighted by Crippen LogP contribution is 2.27. The van der Waals surface area contributed by atoms with Crippen LogP contribution in [0.15, 0.2) is 18.2 Å². The lowest BCUT2D eigenvalue weighted by atomic mass is 10.1. The fourth-order valence-corrected chi connectivity index (χ4v) is 2.94. The Hall–Kier alpha value is -2.28. The average molecular weight is 367 g/mol. The van der Waals surface area contributed by atoms with E-state index in [2.05, 4.69) is 17.4 Å². The molecule has 0 saturated heterocycles. The maximum Gasteiger partial charge on any atom is 0.414 e. The van der Waals surface area contributed by atoms with Crippen molar-refractivity contribution in [1.82, 2.24) is 5.32 Å². The summed E-state index contributed by atoms with van der Waals surface area (Å²) in [7, 11) is 3.36. The largest absolute Gasteiger partial charge is 0.493 e. The Morgan fingerprint density at radius 3 is 2.08 bits per heavy atom. The Kier molecular flexibility index (Phi) is 10.2. The van der Waals surface area contributed by atoms with Crippen molar-refractivity contribution >= 4 is 11.9 Å². The minimum absolute atomic E-state index is 0.720. The quantitative estimate of drug-likeness (QED) is 0.524. The fraction of sp³-hybridized carbons (Fsp3) is 0.579. The van der Waals surface area contributed by atoms with Gasteiger partial charge < -0.3 is 25.0 Å². The minimum atomic E-state index is -1.82. The summed E-state index contributed by atoms with van der Waals surface area (Å²) in [5.74, 6) is -2.03. The van der Waals surface area contributed by atoms with Crippen molar-refractivity contribution in [1.29, 1.82) is 0 Å². The van der Waals surface area contributed by atoms with Crippen LogP contribution in [-0.2, 0) is 16.0 Å². The van der Waals surface area contributed by atoms with E-state index < -0.39 is 11.9 Å². The highest BCUT2D eigenvalue weighted by atomic mass is 16.5. The summed E-state index contributed by atoms with van der Waals surface area (Å²) >= 11 is 0. The number of hydrogen-bond acceptors (Lipinski definition) is 5. The van der Waals surface area contributed by atoms with Crippen molar-refractivity contribution in [3.05, 3.63) is 23.8 Å². The van der Waals surface area contributed by atoms with Crippen molar-refractivity contribution in [2.75, 3.05) is 20.8 Å². The van der Waals surface area contributed by atoms with Crippen LogP contribution in [0.4, 0.5) is 0 Å². The molecule has 0 spiro atoms. The highest BCUT2D eigenvalue weighted by molar-refractivity contribution is 6.27. The van der Waals surface area contributed by atoms with Gasteiger partial charge in [-0.15, -0.1) is 0 Å². The molecule has 3 N–H and O–H groups in total. The second-order valence-electron chi connectivity index (χ2n) is 6.19. The van der Waals surface area contributed by atoms with Crippen molar-refractivity contribution in [2.24, 2.45) is 0 Å². The summed E-state index contributed by atoms with van der Waals surface area (Å²) < 4.78 is 10.6. The maximum atomic E-state index is 9.10. The van der Waals surface area contributed by atoms with Gasteiger partial charge in [0.25, 0.3) is 0 Å². The van der Waals surface area contributed by atoms with E-state index in [0.717, 1.165) is 30.5 Å². The lowest BCUT2D eigenvalue weighted by Gasteiger charge is -2.16. The standard InChI is InChI=1S/C17H27NO2.C2H2O4/c1-19-16-10-9-14(13-17(16)20-2)11-12-18-15-7-5-3-4-6-8-15;3-1(4)2(5)6/h9-10,13,15,18H,3-8,11-12H2,1-2H3;(H,3,4)(H,5,6). The van der Waals surface area contributed by atoms with Crippen molar-refractivity contribution in [2.45, 2.75) is 51.0 Å². The molecule has 146 valence electrons. The summed E-state index contributed by atoms with van der Waals surface area (Å²) in [4.78, 5) is 18.2. The van der Waals surface area contributed by atoms with E-state index in [1.165, 1.54) is 44.1 Å². The van der Waals surface area contributed by atoms with Gasteiger partial charge in [-0.05, 0) is 43.5 Å². The van der Waals surface area contributed by atoms with Crippen LogP contribution >= 0.6 is 0 Å². The van der Waals surface area contributed by atoms with Gasteiger partial charge in [0, 0.05) is 6.04 Å².